The van der Waals surface area contributed by atoms with Gasteiger partial charge in [-0.05, 0) is 26.2 Å². The lowest BCUT2D eigenvalue weighted by Crippen LogP contribution is -2.31. The maximum atomic E-state index is 11.2. The SMILES string of the molecule is CC(Nc1nc(C(C)(C)C(=O)O)cs1)C(C)(C)C. The lowest BCUT2D eigenvalue weighted by molar-refractivity contribution is -0.142. The Morgan fingerprint density at radius 2 is 1.94 bits per heavy atom. The van der Waals surface area contributed by atoms with Crippen LogP contribution in [0.2, 0.25) is 0 Å². The third kappa shape index (κ3) is 3.22. The molecule has 0 saturated carbocycles. The summed E-state index contributed by atoms with van der Waals surface area (Å²) in [4.78, 5) is 15.5. The van der Waals surface area contributed by atoms with Crippen molar-refractivity contribution in [1.82, 2.24) is 4.98 Å². The molecule has 4 nitrogen and oxygen atoms in total. The molecule has 0 amide bonds. The van der Waals surface area contributed by atoms with Gasteiger partial charge in [-0.15, -0.1) is 11.3 Å². The van der Waals surface area contributed by atoms with Gasteiger partial charge in [-0.25, -0.2) is 4.98 Å². The summed E-state index contributed by atoms with van der Waals surface area (Å²) in [6.45, 7) is 11.9. The van der Waals surface area contributed by atoms with Crippen molar-refractivity contribution in [3.8, 4) is 0 Å². The van der Waals surface area contributed by atoms with E-state index in [2.05, 4.69) is 38.0 Å². The monoisotopic (exact) mass is 270 g/mol. The van der Waals surface area contributed by atoms with E-state index in [9.17, 15) is 4.79 Å². The van der Waals surface area contributed by atoms with Gasteiger partial charge in [0.2, 0.25) is 0 Å². The Balaban J connectivity index is 2.85. The van der Waals surface area contributed by atoms with Crippen LogP contribution in [0.4, 0.5) is 5.13 Å². The van der Waals surface area contributed by atoms with E-state index < -0.39 is 11.4 Å². The first-order valence-corrected chi connectivity index (χ1v) is 6.89. The van der Waals surface area contributed by atoms with E-state index in [-0.39, 0.29) is 11.5 Å². The number of hydrogen-bond donors (Lipinski definition) is 2. The van der Waals surface area contributed by atoms with Gasteiger partial charge in [-0.2, -0.15) is 0 Å². The molecule has 0 aliphatic carbocycles. The molecule has 1 unspecified atom stereocenters. The van der Waals surface area contributed by atoms with Crippen LogP contribution >= 0.6 is 11.3 Å². The van der Waals surface area contributed by atoms with E-state index in [1.54, 1.807) is 13.8 Å². The molecule has 0 aliphatic rings. The van der Waals surface area contributed by atoms with Crippen molar-refractivity contribution < 1.29 is 9.90 Å². The lowest BCUT2D eigenvalue weighted by Gasteiger charge is -2.27. The number of nitrogens with one attached hydrogen (secondary N) is 1. The lowest BCUT2D eigenvalue weighted by atomic mass is 9.88. The Bertz CT molecular complexity index is 432. The number of aliphatic carboxylic acids is 1. The standard InChI is InChI=1S/C13H22N2O2S/c1-8(12(2,3)4)14-11-15-9(7-18-11)13(5,6)10(16)17/h7-8H,1-6H3,(H,14,15)(H,16,17). The average Bonchev–Trinajstić information content (AvgIpc) is 2.64. The maximum absolute atomic E-state index is 11.2. The van der Waals surface area contributed by atoms with Crippen LogP contribution in [-0.2, 0) is 10.2 Å². The predicted octanol–water partition coefficient (Wildman–Crippen LogP) is 3.35. The Morgan fingerprint density at radius 3 is 2.39 bits per heavy atom. The largest absolute Gasteiger partial charge is 0.481 e. The molecule has 18 heavy (non-hydrogen) atoms. The Hall–Kier alpha value is -1.10. The van der Waals surface area contributed by atoms with Crippen LogP contribution in [-0.4, -0.2) is 22.1 Å². The number of carbonyl (C=O) groups is 1. The number of aromatic nitrogens is 1. The Morgan fingerprint density at radius 1 is 1.39 bits per heavy atom. The molecule has 2 N–H and O–H groups in total. The number of carboxylic acids is 1. The number of nitrogens with zero attached hydrogens (tertiary/aromatic N) is 1. The van der Waals surface area contributed by atoms with Gasteiger partial charge in [-0.3, -0.25) is 4.79 Å². The molecule has 0 bridgehead atoms. The molecule has 1 aromatic rings. The first kappa shape index (κ1) is 15.0. The number of carboxylic acid groups (broad SMARTS) is 1. The zero-order chi connectivity index (χ0) is 14.1. The molecule has 1 aromatic heterocycles. The highest BCUT2D eigenvalue weighted by Crippen LogP contribution is 2.29. The van der Waals surface area contributed by atoms with Gasteiger partial charge in [0.1, 0.15) is 5.41 Å². The minimum atomic E-state index is -0.943. The van der Waals surface area contributed by atoms with Crippen LogP contribution in [0.15, 0.2) is 5.38 Å². The van der Waals surface area contributed by atoms with Crippen molar-refractivity contribution in [2.45, 2.75) is 53.0 Å². The van der Waals surface area contributed by atoms with Gasteiger partial charge in [-0.1, -0.05) is 20.8 Å². The molecular formula is C13H22N2O2S. The molecule has 0 aromatic carbocycles. The van der Waals surface area contributed by atoms with Crippen molar-refractivity contribution in [3.63, 3.8) is 0 Å². The topological polar surface area (TPSA) is 62.2 Å². The first-order chi connectivity index (χ1) is 8.05. The molecule has 1 atom stereocenters. The van der Waals surface area contributed by atoms with E-state index in [1.165, 1.54) is 11.3 Å². The van der Waals surface area contributed by atoms with Crippen molar-refractivity contribution in [2.75, 3.05) is 5.32 Å². The second-order valence-electron chi connectivity index (χ2n) is 6.20. The number of hydrogen-bond acceptors (Lipinski definition) is 4. The van der Waals surface area contributed by atoms with E-state index >= 15 is 0 Å². The van der Waals surface area contributed by atoms with Crippen LogP contribution in [0.25, 0.3) is 0 Å². The highest BCUT2D eigenvalue weighted by Gasteiger charge is 2.32. The summed E-state index contributed by atoms with van der Waals surface area (Å²) in [6, 6.07) is 0.268. The molecule has 0 fully saturated rings. The number of rotatable bonds is 4. The minimum Gasteiger partial charge on any atom is -0.481 e. The highest BCUT2D eigenvalue weighted by atomic mass is 32.1. The van der Waals surface area contributed by atoms with Crippen LogP contribution in [0, 0.1) is 5.41 Å². The highest BCUT2D eigenvalue weighted by molar-refractivity contribution is 7.13. The van der Waals surface area contributed by atoms with Gasteiger partial charge >= 0.3 is 5.97 Å². The predicted molar refractivity (Wildman–Crippen MR) is 75.3 cm³/mol. The second-order valence-corrected chi connectivity index (χ2v) is 7.06. The quantitative estimate of drug-likeness (QED) is 0.880. The van der Waals surface area contributed by atoms with E-state index in [0.717, 1.165) is 5.13 Å². The molecule has 0 saturated heterocycles. The number of anilines is 1. The van der Waals surface area contributed by atoms with E-state index in [1.807, 2.05) is 5.38 Å². The molecule has 1 rings (SSSR count). The third-order valence-corrected chi connectivity index (χ3v) is 4.09. The van der Waals surface area contributed by atoms with Crippen molar-refractivity contribution in [2.24, 2.45) is 5.41 Å². The van der Waals surface area contributed by atoms with Crippen LogP contribution in [0.3, 0.4) is 0 Å². The van der Waals surface area contributed by atoms with Crippen molar-refractivity contribution in [3.05, 3.63) is 11.1 Å². The number of thiazole rings is 1. The van der Waals surface area contributed by atoms with Crippen LogP contribution in [0.1, 0.15) is 47.2 Å². The molecule has 5 heteroatoms. The average molecular weight is 270 g/mol. The summed E-state index contributed by atoms with van der Waals surface area (Å²) in [5.74, 6) is -0.858. The summed E-state index contributed by atoms with van der Waals surface area (Å²) >= 11 is 1.45. The molecule has 0 aliphatic heterocycles. The second kappa shape index (κ2) is 4.88. The molecular weight excluding hydrogens is 248 g/mol. The summed E-state index contributed by atoms with van der Waals surface area (Å²) in [5.41, 5.74) is -0.209. The van der Waals surface area contributed by atoms with Gasteiger partial charge < -0.3 is 10.4 Å². The van der Waals surface area contributed by atoms with Crippen LogP contribution in [0.5, 0.6) is 0 Å². The van der Waals surface area contributed by atoms with Crippen molar-refractivity contribution in [1.29, 1.82) is 0 Å². The van der Waals surface area contributed by atoms with Gasteiger partial charge in [0.25, 0.3) is 0 Å². The molecule has 1 heterocycles. The normalized spacial score (nSPS) is 14.3. The van der Waals surface area contributed by atoms with Gasteiger partial charge in [0, 0.05) is 11.4 Å². The van der Waals surface area contributed by atoms with Gasteiger partial charge in [0.05, 0.1) is 5.69 Å². The third-order valence-electron chi connectivity index (χ3n) is 3.32. The maximum Gasteiger partial charge on any atom is 0.315 e. The van der Waals surface area contributed by atoms with E-state index in [4.69, 9.17) is 5.11 Å². The fourth-order valence-corrected chi connectivity index (χ4v) is 2.10. The molecule has 0 spiro atoms. The molecule has 0 radical (unpaired) electrons. The summed E-state index contributed by atoms with van der Waals surface area (Å²) in [5, 5.41) is 15.1. The van der Waals surface area contributed by atoms with E-state index in [0.29, 0.717) is 5.69 Å². The minimum absolute atomic E-state index is 0.133. The Labute approximate surface area is 112 Å². The van der Waals surface area contributed by atoms with Crippen LogP contribution < -0.4 is 5.32 Å². The first-order valence-electron chi connectivity index (χ1n) is 6.01. The fraction of sp³-hybridized carbons (Fsp3) is 0.692. The summed E-state index contributed by atoms with van der Waals surface area (Å²) in [6.07, 6.45) is 0. The smallest absolute Gasteiger partial charge is 0.315 e. The summed E-state index contributed by atoms with van der Waals surface area (Å²) in [7, 11) is 0. The summed E-state index contributed by atoms with van der Waals surface area (Å²) < 4.78 is 0. The zero-order valence-corrected chi connectivity index (χ0v) is 12.7. The Kier molecular flexibility index (Phi) is 4.05. The van der Waals surface area contributed by atoms with Crippen molar-refractivity contribution >= 4 is 22.4 Å². The fourth-order valence-electron chi connectivity index (χ4n) is 1.14. The zero-order valence-electron chi connectivity index (χ0n) is 11.9. The molecule has 102 valence electrons. The van der Waals surface area contributed by atoms with Gasteiger partial charge in [0.15, 0.2) is 5.13 Å².